The molecule has 1 aromatic rings. The van der Waals surface area contributed by atoms with E-state index >= 15 is 0 Å². The van der Waals surface area contributed by atoms with E-state index in [0.29, 0.717) is 22.4 Å². The molecule has 202 valence electrons. The van der Waals surface area contributed by atoms with Crippen molar-refractivity contribution in [1.82, 2.24) is 0 Å². The van der Waals surface area contributed by atoms with E-state index in [4.69, 9.17) is 9.47 Å². The van der Waals surface area contributed by atoms with Gasteiger partial charge in [0.2, 0.25) is 0 Å². The molecule has 0 amide bonds. The summed E-state index contributed by atoms with van der Waals surface area (Å²) in [6.45, 7) is 8.69. The number of Topliss-reactive ketones (excluding diaryl/α,β-unsaturated/α-hetero) is 1. The number of hydrogen-bond acceptors (Lipinski definition) is 8. The van der Waals surface area contributed by atoms with Crippen LogP contribution in [0.3, 0.4) is 0 Å². The van der Waals surface area contributed by atoms with Crippen LogP contribution in [0.5, 0.6) is 0 Å². The number of para-hydroxylation sites is 1. The lowest BCUT2D eigenvalue weighted by Crippen LogP contribution is -2.63. The van der Waals surface area contributed by atoms with E-state index < -0.39 is 64.2 Å². The normalized spacial score (nSPS) is 38.3. The second-order valence-electron chi connectivity index (χ2n) is 11.8. The predicted octanol–water partition coefficient (Wildman–Crippen LogP) is 3.50. The number of ether oxygens (including phenoxy) is 2. The van der Waals surface area contributed by atoms with Crippen molar-refractivity contribution in [3.05, 3.63) is 53.1 Å². The minimum absolute atomic E-state index is 0.0904. The summed E-state index contributed by atoms with van der Waals surface area (Å²) in [6, 6.07) is 6.94. The maximum atomic E-state index is 13.6. The van der Waals surface area contributed by atoms with Crippen LogP contribution in [0.25, 0.3) is 0 Å². The molecule has 2 fully saturated rings. The Morgan fingerprint density at radius 2 is 1.84 bits per heavy atom. The van der Waals surface area contributed by atoms with Crippen molar-refractivity contribution in [2.45, 2.75) is 58.3 Å². The zero-order valence-corrected chi connectivity index (χ0v) is 22.6. The molecule has 0 saturated heterocycles. The Bertz CT molecular complexity index is 1300. The Balaban J connectivity index is 1.68. The number of fused-ring (bicyclic) bond motifs is 5. The minimum Gasteiger partial charge on any atom is -0.454 e. The number of hydrogen-bond donors (Lipinski definition) is 2. The van der Waals surface area contributed by atoms with E-state index in [0.717, 1.165) is 6.29 Å². The maximum Gasteiger partial charge on any atom is 0.340 e. The van der Waals surface area contributed by atoms with Gasteiger partial charge in [0.15, 0.2) is 11.4 Å². The first-order valence-electron chi connectivity index (χ1n) is 13.1. The summed E-state index contributed by atoms with van der Waals surface area (Å²) in [4.78, 5) is 51.3. The van der Waals surface area contributed by atoms with Gasteiger partial charge in [-0.3, -0.25) is 14.4 Å². The topological polar surface area (TPSA) is 119 Å². The molecule has 5 rings (SSSR count). The summed E-state index contributed by atoms with van der Waals surface area (Å²) in [6.07, 6.45) is 3.55. The van der Waals surface area contributed by atoms with Gasteiger partial charge in [-0.25, -0.2) is 4.79 Å². The number of allylic oxidation sites excluding steroid dienone is 2. The number of aliphatic hydroxyl groups is 1. The summed E-state index contributed by atoms with van der Waals surface area (Å²) in [5.74, 6) is -4.17. The van der Waals surface area contributed by atoms with Crippen LogP contribution in [-0.4, -0.2) is 53.5 Å². The highest BCUT2D eigenvalue weighted by Crippen LogP contribution is 2.77. The van der Waals surface area contributed by atoms with Gasteiger partial charge < -0.3 is 19.9 Å². The highest BCUT2D eigenvalue weighted by Gasteiger charge is 2.87. The zero-order chi connectivity index (χ0) is 27.8. The number of benzene rings is 1. The molecule has 8 nitrogen and oxygen atoms in total. The van der Waals surface area contributed by atoms with Gasteiger partial charge in [0, 0.05) is 54.7 Å². The Morgan fingerprint density at radius 3 is 2.47 bits per heavy atom. The second kappa shape index (κ2) is 8.63. The first kappa shape index (κ1) is 26.4. The number of nitrogens with one attached hydrogen (secondary N) is 1. The molecule has 8 atom stereocenters. The Kier molecular flexibility index (Phi) is 5.98. The van der Waals surface area contributed by atoms with E-state index in [-0.39, 0.29) is 12.2 Å². The molecule has 2 N–H and O–H groups in total. The van der Waals surface area contributed by atoms with Crippen molar-refractivity contribution >= 4 is 29.7 Å². The number of aldehydes is 1. The summed E-state index contributed by atoms with van der Waals surface area (Å²) in [5.41, 5.74) is -1.54. The van der Waals surface area contributed by atoms with Crippen LogP contribution in [0.2, 0.25) is 0 Å². The summed E-state index contributed by atoms with van der Waals surface area (Å²) in [5, 5.41) is 15.7. The molecule has 8 heteroatoms. The van der Waals surface area contributed by atoms with E-state index in [1.807, 2.05) is 19.9 Å². The average molecular weight is 522 g/mol. The first-order chi connectivity index (χ1) is 17.9. The Labute approximate surface area is 222 Å². The van der Waals surface area contributed by atoms with Gasteiger partial charge in [-0.15, -0.1) is 0 Å². The molecule has 4 aliphatic carbocycles. The van der Waals surface area contributed by atoms with E-state index in [1.165, 1.54) is 6.92 Å². The van der Waals surface area contributed by atoms with E-state index in [1.54, 1.807) is 51.2 Å². The fraction of sp³-hybridized carbons (Fsp3) is 0.533. The van der Waals surface area contributed by atoms with Gasteiger partial charge in [-0.1, -0.05) is 45.1 Å². The second-order valence-corrected chi connectivity index (χ2v) is 11.8. The molecular weight excluding hydrogens is 486 g/mol. The molecular formula is C30H35NO7. The van der Waals surface area contributed by atoms with Crippen LogP contribution >= 0.6 is 0 Å². The maximum absolute atomic E-state index is 13.6. The van der Waals surface area contributed by atoms with Crippen molar-refractivity contribution in [1.29, 1.82) is 0 Å². The zero-order valence-electron chi connectivity index (χ0n) is 22.6. The first-order valence-corrected chi connectivity index (χ1v) is 13.1. The summed E-state index contributed by atoms with van der Waals surface area (Å²) < 4.78 is 12.3. The highest BCUT2D eigenvalue weighted by atomic mass is 16.6. The lowest BCUT2D eigenvalue weighted by atomic mass is 9.60. The molecule has 38 heavy (non-hydrogen) atoms. The Hall–Kier alpha value is -3.26. The molecule has 0 aliphatic heterocycles. The summed E-state index contributed by atoms with van der Waals surface area (Å²) in [7, 11) is 1.71. The molecule has 0 spiro atoms. The van der Waals surface area contributed by atoms with Crippen LogP contribution in [0.4, 0.5) is 5.69 Å². The van der Waals surface area contributed by atoms with Crippen molar-refractivity contribution in [2.75, 3.05) is 12.4 Å². The smallest absolute Gasteiger partial charge is 0.340 e. The predicted molar refractivity (Wildman–Crippen MR) is 139 cm³/mol. The van der Waals surface area contributed by atoms with Crippen LogP contribution < -0.4 is 5.32 Å². The lowest BCUT2D eigenvalue weighted by molar-refractivity contribution is -0.207. The fourth-order valence-corrected chi connectivity index (χ4v) is 7.97. The SMILES string of the molecule is CNc1ccccc1C(=O)OC1C(C)C2(O)C3C=C(C)C(=O)C3CC(C=O)=CC2C2C(C)(C)C12OC(C)=O. The largest absolute Gasteiger partial charge is 0.454 e. The number of carbonyl (C=O) groups excluding carboxylic acids is 4. The third-order valence-corrected chi connectivity index (χ3v) is 9.75. The average Bonchev–Trinajstić information content (AvgIpc) is 3.27. The quantitative estimate of drug-likeness (QED) is 0.446. The standard InChI is InChI=1S/C30H35NO7/c1-15-11-21-20(24(15)34)12-18(14-32)13-22-25-28(4,5)30(25,38-17(3)33)26(16(2)29(21,22)36)37-27(35)19-9-7-8-10-23(19)31-6/h7-11,13-14,16,20-22,25-26,31,36H,12H2,1-6H3. The van der Waals surface area contributed by atoms with Gasteiger partial charge in [-0.2, -0.15) is 0 Å². The molecule has 4 aliphatic rings. The third kappa shape index (κ3) is 3.32. The fourth-order valence-electron chi connectivity index (χ4n) is 7.97. The monoisotopic (exact) mass is 521 g/mol. The number of anilines is 1. The molecule has 0 bridgehead atoms. The van der Waals surface area contributed by atoms with Gasteiger partial charge in [0.1, 0.15) is 12.4 Å². The molecule has 0 radical (unpaired) electrons. The number of carbonyl (C=O) groups is 4. The van der Waals surface area contributed by atoms with Crippen LogP contribution in [0, 0.1) is 35.0 Å². The minimum atomic E-state index is -1.53. The highest BCUT2D eigenvalue weighted by molar-refractivity contribution is 6.00. The van der Waals surface area contributed by atoms with Gasteiger partial charge in [0.25, 0.3) is 0 Å². The van der Waals surface area contributed by atoms with Crippen LogP contribution in [-0.2, 0) is 23.9 Å². The van der Waals surface area contributed by atoms with E-state index in [9.17, 15) is 24.3 Å². The number of ketones is 1. The molecule has 1 aromatic carbocycles. The van der Waals surface area contributed by atoms with Crippen molar-refractivity contribution in [3.63, 3.8) is 0 Å². The van der Waals surface area contributed by atoms with Gasteiger partial charge in [-0.05, 0) is 36.6 Å². The van der Waals surface area contributed by atoms with Gasteiger partial charge >= 0.3 is 11.9 Å². The summed E-state index contributed by atoms with van der Waals surface area (Å²) >= 11 is 0. The third-order valence-electron chi connectivity index (χ3n) is 9.75. The number of rotatable bonds is 5. The van der Waals surface area contributed by atoms with Gasteiger partial charge in [0.05, 0.1) is 11.2 Å². The molecule has 0 aromatic heterocycles. The van der Waals surface area contributed by atoms with E-state index in [2.05, 4.69) is 5.32 Å². The van der Waals surface area contributed by atoms with Crippen molar-refractivity contribution in [2.24, 2.45) is 35.0 Å². The Morgan fingerprint density at radius 1 is 1.16 bits per heavy atom. The van der Waals surface area contributed by atoms with Crippen LogP contribution in [0.1, 0.15) is 51.4 Å². The molecule has 0 heterocycles. The lowest BCUT2D eigenvalue weighted by Gasteiger charge is -2.52. The van der Waals surface area contributed by atoms with Crippen LogP contribution in [0.15, 0.2) is 47.6 Å². The van der Waals surface area contributed by atoms with Crippen molar-refractivity contribution < 1.29 is 33.8 Å². The number of esters is 2. The molecule has 2 saturated carbocycles. The molecule has 8 unspecified atom stereocenters. The van der Waals surface area contributed by atoms with Crippen molar-refractivity contribution in [3.8, 4) is 0 Å².